The molecule has 1 saturated heterocycles. The van der Waals surface area contributed by atoms with Crippen molar-refractivity contribution < 1.29 is 24.0 Å². The number of para-hydroxylation sites is 1. The average molecular weight is 376 g/mol. The molecule has 0 unspecified atom stereocenters. The largest absolute Gasteiger partial charge is 0.465 e. The van der Waals surface area contributed by atoms with Crippen LogP contribution in [0.3, 0.4) is 0 Å². The van der Waals surface area contributed by atoms with Gasteiger partial charge in [-0.3, -0.25) is 9.59 Å². The number of hydrogen-bond acceptors (Lipinski definition) is 6. The van der Waals surface area contributed by atoms with Crippen LogP contribution in [0.5, 0.6) is 0 Å². The molecule has 0 aliphatic carbocycles. The van der Waals surface area contributed by atoms with Gasteiger partial charge in [0, 0.05) is 0 Å². The zero-order valence-corrected chi connectivity index (χ0v) is 14.9. The minimum absolute atomic E-state index is 0.130. The fraction of sp³-hybridized carbons (Fsp3) is 0.143. The monoisotopic (exact) mass is 376 g/mol. The van der Waals surface area contributed by atoms with Crippen LogP contribution in [-0.2, 0) is 19.2 Å². The number of ether oxygens (including phenoxy) is 1. The summed E-state index contributed by atoms with van der Waals surface area (Å²) < 4.78 is 4.76. The zero-order valence-electron chi connectivity index (χ0n) is 14.9. The van der Waals surface area contributed by atoms with E-state index in [4.69, 9.17) is 9.57 Å². The lowest BCUT2D eigenvalue weighted by Crippen LogP contribution is -2.34. The molecule has 2 aromatic carbocycles. The molecule has 2 atom stereocenters. The maximum atomic E-state index is 13.0. The molecule has 1 fully saturated rings. The van der Waals surface area contributed by atoms with Gasteiger partial charge in [-0.2, -0.15) is 0 Å². The lowest BCUT2D eigenvalue weighted by atomic mass is 9.99. The number of amides is 2. The summed E-state index contributed by atoms with van der Waals surface area (Å²) in [6.45, 7) is 0. The van der Waals surface area contributed by atoms with Crippen molar-refractivity contribution in [2.45, 2.75) is 6.10 Å². The van der Waals surface area contributed by atoms with Crippen LogP contribution in [0.4, 0.5) is 5.69 Å². The molecule has 2 heterocycles. The molecular weight excluding hydrogens is 360 g/mol. The first-order valence-electron chi connectivity index (χ1n) is 8.64. The van der Waals surface area contributed by atoms with Crippen LogP contribution in [0, 0.1) is 5.92 Å². The molecule has 0 saturated carbocycles. The summed E-state index contributed by atoms with van der Waals surface area (Å²) in [5.74, 6) is -2.52. The molecule has 2 aliphatic heterocycles. The first-order valence-corrected chi connectivity index (χ1v) is 8.64. The summed E-state index contributed by atoms with van der Waals surface area (Å²) in [5.41, 5.74) is 1.60. The van der Waals surface area contributed by atoms with Crippen LogP contribution in [-0.4, -0.2) is 36.7 Å². The van der Waals surface area contributed by atoms with Crippen molar-refractivity contribution in [3.8, 4) is 0 Å². The summed E-state index contributed by atoms with van der Waals surface area (Å²) in [5, 5.41) is 3.91. The van der Waals surface area contributed by atoms with E-state index in [1.54, 1.807) is 24.3 Å². The molecule has 2 aliphatic rings. The highest BCUT2D eigenvalue weighted by Gasteiger charge is 2.55. The molecule has 0 bridgehead atoms. The SMILES string of the molecule is COC(=O)c1ccccc1N1C(=O)[C@H]2C(/C=C/c3ccccc3)=NO[C@@H]2C1=O. The van der Waals surface area contributed by atoms with Gasteiger partial charge in [-0.05, 0) is 23.8 Å². The Morgan fingerprint density at radius 2 is 1.75 bits per heavy atom. The number of anilines is 1. The van der Waals surface area contributed by atoms with Gasteiger partial charge in [0.25, 0.3) is 5.91 Å². The van der Waals surface area contributed by atoms with Crippen LogP contribution >= 0.6 is 0 Å². The van der Waals surface area contributed by atoms with Gasteiger partial charge in [0.1, 0.15) is 5.92 Å². The molecule has 2 amide bonds. The molecule has 7 nitrogen and oxygen atoms in total. The Bertz CT molecular complexity index is 1010. The van der Waals surface area contributed by atoms with Crippen molar-refractivity contribution >= 4 is 35.3 Å². The van der Waals surface area contributed by atoms with E-state index < -0.39 is 29.8 Å². The fourth-order valence-corrected chi connectivity index (χ4v) is 3.28. The van der Waals surface area contributed by atoms with Gasteiger partial charge < -0.3 is 9.57 Å². The third kappa shape index (κ3) is 2.87. The highest BCUT2D eigenvalue weighted by atomic mass is 16.6. The summed E-state index contributed by atoms with van der Waals surface area (Å²) >= 11 is 0. The van der Waals surface area contributed by atoms with Crippen LogP contribution in [0.25, 0.3) is 6.08 Å². The van der Waals surface area contributed by atoms with Crippen molar-refractivity contribution in [2.24, 2.45) is 11.1 Å². The van der Waals surface area contributed by atoms with Crippen molar-refractivity contribution in [1.29, 1.82) is 0 Å². The minimum Gasteiger partial charge on any atom is -0.465 e. The van der Waals surface area contributed by atoms with Crippen LogP contribution in [0.2, 0.25) is 0 Å². The number of benzene rings is 2. The third-order valence-electron chi connectivity index (χ3n) is 4.64. The number of allylic oxidation sites excluding steroid dienone is 1. The first kappa shape index (κ1) is 17.7. The number of nitrogens with zero attached hydrogens (tertiary/aromatic N) is 2. The van der Waals surface area contributed by atoms with E-state index in [2.05, 4.69) is 5.16 Å². The van der Waals surface area contributed by atoms with Crippen LogP contribution < -0.4 is 4.90 Å². The van der Waals surface area contributed by atoms with E-state index in [0.717, 1.165) is 10.5 Å². The second kappa shape index (κ2) is 7.11. The Labute approximate surface area is 160 Å². The molecule has 0 spiro atoms. The molecule has 140 valence electrons. The number of imide groups is 1. The second-order valence-corrected chi connectivity index (χ2v) is 6.28. The van der Waals surface area contributed by atoms with E-state index in [1.807, 2.05) is 30.3 Å². The van der Waals surface area contributed by atoms with Gasteiger partial charge in [0.2, 0.25) is 12.0 Å². The third-order valence-corrected chi connectivity index (χ3v) is 4.64. The van der Waals surface area contributed by atoms with E-state index in [9.17, 15) is 14.4 Å². The summed E-state index contributed by atoms with van der Waals surface area (Å²) in [7, 11) is 1.24. The Morgan fingerprint density at radius 1 is 1.04 bits per heavy atom. The molecule has 4 rings (SSSR count). The number of oxime groups is 1. The smallest absolute Gasteiger partial charge is 0.339 e. The minimum atomic E-state index is -1.03. The van der Waals surface area contributed by atoms with Crippen molar-refractivity contribution in [3.05, 3.63) is 71.8 Å². The van der Waals surface area contributed by atoms with Crippen LogP contribution in [0.1, 0.15) is 15.9 Å². The fourth-order valence-electron chi connectivity index (χ4n) is 3.28. The van der Waals surface area contributed by atoms with Crippen molar-refractivity contribution in [2.75, 3.05) is 12.0 Å². The van der Waals surface area contributed by atoms with E-state index >= 15 is 0 Å². The van der Waals surface area contributed by atoms with Gasteiger partial charge in [-0.15, -0.1) is 0 Å². The summed E-state index contributed by atoms with van der Waals surface area (Å²) in [4.78, 5) is 44.1. The second-order valence-electron chi connectivity index (χ2n) is 6.28. The van der Waals surface area contributed by atoms with Gasteiger partial charge in [0.15, 0.2) is 0 Å². The van der Waals surface area contributed by atoms with E-state index in [0.29, 0.717) is 5.71 Å². The predicted molar refractivity (Wildman–Crippen MR) is 102 cm³/mol. The highest BCUT2D eigenvalue weighted by molar-refractivity contribution is 6.32. The molecular formula is C21H16N2O5. The topological polar surface area (TPSA) is 85.3 Å². The lowest BCUT2D eigenvalue weighted by Gasteiger charge is -2.17. The number of fused-ring (bicyclic) bond motifs is 1. The standard InChI is InChI=1S/C21H16N2O5/c1-27-21(26)14-9-5-6-10-16(14)23-19(24)17-15(22-28-18(17)20(23)25)12-11-13-7-3-2-4-8-13/h2-12,17-18H,1H3/b12-11+/t17-,18-/m0/s1. The van der Waals surface area contributed by atoms with Crippen LogP contribution in [0.15, 0.2) is 65.8 Å². The summed E-state index contributed by atoms with van der Waals surface area (Å²) in [6.07, 6.45) is 2.43. The lowest BCUT2D eigenvalue weighted by molar-refractivity contribution is -0.126. The molecule has 0 radical (unpaired) electrons. The number of esters is 1. The molecule has 28 heavy (non-hydrogen) atoms. The normalized spacial score (nSPS) is 20.9. The Balaban J connectivity index is 1.65. The molecule has 2 aromatic rings. The molecule has 7 heteroatoms. The molecule has 0 aromatic heterocycles. The molecule has 0 N–H and O–H groups in total. The first-order chi connectivity index (χ1) is 13.6. The van der Waals surface area contributed by atoms with Gasteiger partial charge in [-0.25, -0.2) is 9.69 Å². The predicted octanol–water partition coefficient (Wildman–Crippen LogP) is 2.43. The average Bonchev–Trinajstić information content (AvgIpc) is 3.26. The Hall–Kier alpha value is -3.74. The number of rotatable bonds is 4. The van der Waals surface area contributed by atoms with Gasteiger partial charge >= 0.3 is 5.97 Å². The number of methoxy groups -OCH3 is 1. The van der Waals surface area contributed by atoms with Gasteiger partial charge in [-0.1, -0.05) is 53.7 Å². The zero-order chi connectivity index (χ0) is 19.7. The number of hydrogen-bond donors (Lipinski definition) is 0. The van der Waals surface area contributed by atoms with Crippen molar-refractivity contribution in [3.63, 3.8) is 0 Å². The summed E-state index contributed by atoms with van der Waals surface area (Å²) in [6, 6.07) is 15.8. The quantitative estimate of drug-likeness (QED) is 0.604. The van der Waals surface area contributed by atoms with Gasteiger partial charge in [0.05, 0.1) is 24.1 Å². The number of carbonyl (C=O) groups is 3. The Morgan fingerprint density at radius 3 is 2.50 bits per heavy atom. The maximum absolute atomic E-state index is 13.0. The Kier molecular flexibility index (Phi) is 4.49. The number of carbonyl (C=O) groups excluding carboxylic acids is 3. The van der Waals surface area contributed by atoms with E-state index in [1.165, 1.54) is 19.2 Å². The highest BCUT2D eigenvalue weighted by Crippen LogP contribution is 2.35. The maximum Gasteiger partial charge on any atom is 0.339 e. The van der Waals surface area contributed by atoms with E-state index in [-0.39, 0.29) is 11.3 Å². The van der Waals surface area contributed by atoms with Crippen molar-refractivity contribution in [1.82, 2.24) is 0 Å².